The van der Waals surface area contributed by atoms with E-state index in [2.05, 4.69) is 27.2 Å². The minimum atomic E-state index is -0.862. The van der Waals surface area contributed by atoms with E-state index in [0.717, 1.165) is 35.2 Å². The van der Waals surface area contributed by atoms with Crippen LogP contribution in [0.3, 0.4) is 0 Å². The number of carbonyl (C=O) groups is 2. The van der Waals surface area contributed by atoms with Crippen molar-refractivity contribution in [3.8, 4) is 28.1 Å². The first-order valence-electron chi connectivity index (χ1n) is 13.6. The zero-order valence-electron chi connectivity index (χ0n) is 22.9. The van der Waals surface area contributed by atoms with Gasteiger partial charge < -0.3 is 25.7 Å². The van der Waals surface area contributed by atoms with E-state index < -0.39 is 6.17 Å². The van der Waals surface area contributed by atoms with Crippen LogP contribution in [0.25, 0.3) is 33.4 Å². The number of hydrogen-bond donors (Lipinski definition) is 3. The van der Waals surface area contributed by atoms with Crippen LogP contribution in [-0.2, 0) is 11.8 Å². The highest BCUT2D eigenvalue weighted by Crippen LogP contribution is 2.43. The van der Waals surface area contributed by atoms with E-state index in [1.807, 2.05) is 48.0 Å². The van der Waals surface area contributed by atoms with Gasteiger partial charge in [-0.25, -0.2) is 14.4 Å². The maximum absolute atomic E-state index is 13.3. The summed E-state index contributed by atoms with van der Waals surface area (Å²) in [6.07, 6.45) is 3.13. The van der Waals surface area contributed by atoms with Gasteiger partial charge >= 0.3 is 0 Å². The van der Waals surface area contributed by atoms with Gasteiger partial charge in [0.2, 0.25) is 0 Å². The first kappa shape index (κ1) is 26.5. The first-order valence-corrected chi connectivity index (χ1v) is 13.6. The van der Waals surface area contributed by atoms with Gasteiger partial charge in [0.05, 0.1) is 22.7 Å². The zero-order valence-corrected chi connectivity index (χ0v) is 22.9. The maximum atomic E-state index is 13.3. The maximum Gasteiger partial charge on any atom is 0.255 e. The molecule has 6 rings (SSSR count). The number of ether oxygens (including phenoxy) is 1. The average molecular weight is 555 g/mol. The Morgan fingerprint density at radius 2 is 1.80 bits per heavy atom. The molecule has 2 aromatic carbocycles. The molecule has 2 heterocycles. The summed E-state index contributed by atoms with van der Waals surface area (Å²) >= 11 is 0. The second kappa shape index (κ2) is 10.3. The summed E-state index contributed by atoms with van der Waals surface area (Å²) in [5.74, 6) is 0.266. The van der Waals surface area contributed by atoms with E-state index in [4.69, 9.17) is 10.5 Å². The van der Waals surface area contributed by atoms with Crippen molar-refractivity contribution >= 4 is 34.4 Å². The van der Waals surface area contributed by atoms with E-state index in [1.165, 1.54) is 6.33 Å². The van der Waals surface area contributed by atoms with E-state index in [9.17, 15) is 14.0 Å². The minimum Gasteiger partial charge on any atom is -0.490 e. The molecule has 4 aromatic rings. The summed E-state index contributed by atoms with van der Waals surface area (Å²) in [5, 5.41) is 6.43. The van der Waals surface area contributed by atoms with Crippen molar-refractivity contribution in [2.45, 2.75) is 50.9 Å². The third-order valence-electron chi connectivity index (χ3n) is 7.55. The fourth-order valence-electron chi connectivity index (χ4n) is 5.10. The first-order chi connectivity index (χ1) is 19.7. The summed E-state index contributed by atoms with van der Waals surface area (Å²) < 4.78 is 21.5. The molecule has 2 aliphatic carbocycles. The number of anilines is 2. The number of hydrogen-bond acceptors (Lipinski definition) is 6. The molecular weight excluding hydrogens is 523 g/mol. The molecule has 0 aliphatic heterocycles. The third kappa shape index (κ3) is 5.13. The molecule has 2 fully saturated rings. The molecule has 2 saturated carbocycles. The van der Waals surface area contributed by atoms with E-state index in [0.29, 0.717) is 52.3 Å². The molecule has 4 N–H and O–H groups in total. The smallest absolute Gasteiger partial charge is 0.255 e. The Bertz CT molecular complexity index is 1690. The SMILES string of the molecule is C=C(C)C(=O)Nc1ccc(-c2c(-c3ccc(C(=O)N[C@H]4C[C@@H](F)C4)c(OC4CC4)c3)c3c(N)ncnc3n2C)cc1. The number of alkyl halides is 1. The standard InChI is InChI=1S/C31H31FN6O3/c1-16(2)30(39)36-20-7-4-17(5-8-20)27-25(26-28(33)34-15-35-29(26)38(27)3)18-6-11-23(24(12-18)41-22-9-10-22)31(40)37-21-13-19(32)14-21/h4-8,11-12,15,19,21-22H,1,9-10,13-14H2,2-3H3,(H,36,39)(H,37,40)(H2,33,34,35)/t19-,21+. The van der Waals surface area contributed by atoms with Crippen molar-refractivity contribution in [3.05, 3.63) is 66.5 Å². The molecule has 0 atom stereocenters. The van der Waals surface area contributed by atoms with Crippen LogP contribution in [0.5, 0.6) is 5.75 Å². The molecule has 2 amide bonds. The lowest BCUT2D eigenvalue weighted by molar-refractivity contribution is -0.112. The molecule has 210 valence electrons. The summed E-state index contributed by atoms with van der Waals surface area (Å²) in [6, 6.07) is 12.8. The second-order valence-corrected chi connectivity index (χ2v) is 10.8. The molecular formula is C31H31FN6O3. The van der Waals surface area contributed by atoms with Crippen molar-refractivity contribution < 1.29 is 18.7 Å². The highest BCUT2D eigenvalue weighted by atomic mass is 19.1. The zero-order chi connectivity index (χ0) is 28.8. The Labute approximate surface area is 236 Å². The molecule has 0 spiro atoms. The van der Waals surface area contributed by atoms with Crippen LogP contribution in [0.15, 0.2) is 60.9 Å². The number of rotatable bonds is 8. The van der Waals surface area contributed by atoms with Gasteiger partial charge in [-0.15, -0.1) is 0 Å². The van der Waals surface area contributed by atoms with E-state index in [-0.39, 0.29) is 24.0 Å². The van der Waals surface area contributed by atoms with Crippen LogP contribution in [0.2, 0.25) is 0 Å². The summed E-state index contributed by atoms with van der Waals surface area (Å²) in [4.78, 5) is 34.0. The number of aromatic nitrogens is 3. The number of nitrogens with zero attached hydrogens (tertiary/aromatic N) is 3. The molecule has 9 nitrogen and oxygen atoms in total. The van der Waals surface area contributed by atoms with Crippen molar-refractivity contribution in [2.24, 2.45) is 7.05 Å². The lowest BCUT2D eigenvalue weighted by atomic mass is 9.90. The molecule has 0 saturated heterocycles. The number of nitrogens with one attached hydrogen (secondary N) is 2. The summed E-state index contributed by atoms with van der Waals surface area (Å²) in [7, 11) is 1.91. The quantitative estimate of drug-likeness (QED) is 0.258. The summed E-state index contributed by atoms with van der Waals surface area (Å²) in [5.41, 5.74) is 11.8. The number of carbonyl (C=O) groups excluding carboxylic acids is 2. The van der Waals surface area contributed by atoms with Crippen molar-refractivity contribution in [3.63, 3.8) is 0 Å². The monoisotopic (exact) mass is 554 g/mol. The predicted octanol–water partition coefficient (Wildman–Crippen LogP) is 5.17. The van der Waals surface area contributed by atoms with E-state index in [1.54, 1.807) is 13.0 Å². The second-order valence-electron chi connectivity index (χ2n) is 10.8. The van der Waals surface area contributed by atoms with Gasteiger partial charge in [-0.05, 0) is 68.0 Å². The number of amides is 2. The van der Waals surface area contributed by atoms with Crippen LogP contribution in [-0.4, -0.2) is 44.7 Å². The molecule has 41 heavy (non-hydrogen) atoms. The fraction of sp³-hybridized carbons (Fsp3) is 0.290. The number of fused-ring (bicyclic) bond motifs is 1. The fourth-order valence-corrected chi connectivity index (χ4v) is 5.10. The van der Waals surface area contributed by atoms with Crippen molar-refractivity contribution in [2.75, 3.05) is 11.1 Å². The largest absolute Gasteiger partial charge is 0.490 e. The Morgan fingerprint density at radius 3 is 2.46 bits per heavy atom. The van der Waals surface area contributed by atoms with Crippen LogP contribution < -0.4 is 21.1 Å². The van der Waals surface area contributed by atoms with Gasteiger partial charge in [-0.3, -0.25) is 9.59 Å². The lowest BCUT2D eigenvalue weighted by Gasteiger charge is -2.30. The van der Waals surface area contributed by atoms with Gasteiger partial charge in [0.25, 0.3) is 11.8 Å². The minimum absolute atomic E-state index is 0.0538. The van der Waals surface area contributed by atoms with Crippen molar-refractivity contribution in [1.29, 1.82) is 0 Å². The van der Waals surface area contributed by atoms with Crippen LogP contribution in [0, 0.1) is 0 Å². The number of nitrogen functional groups attached to an aromatic ring is 1. The lowest BCUT2D eigenvalue weighted by Crippen LogP contribution is -2.45. The average Bonchev–Trinajstić information content (AvgIpc) is 3.69. The molecule has 10 heteroatoms. The Kier molecular flexibility index (Phi) is 6.69. The van der Waals surface area contributed by atoms with Gasteiger partial charge in [-0.2, -0.15) is 0 Å². The molecule has 0 bridgehead atoms. The molecule has 2 aromatic heterocycles. The van der Waals surface area contributed by atoms with Gasteiger partial charge in [-0.1, -0.05) is 24.8 Å². The third-order valence-corrected chi connectivity index (χ3v) is 7.55. The predicted molar refractivity (Wildman–Crippen MR) is 156 cm³/mol. The highest BCUT2D eigenvalue weighted by molar-refractivity contribution is 6.09. The number of halogens is 1. The Hall–Kier alpha value is -4.73. The van der Waals surface area contributed by atoms with Crippen LogP contribution in [0.1, 0.15) is 43.0 Å². The van der Waals surface area contributed by atoms with Crippen molar-refractivity contribution in [1.82, 2.24) is 19.9 Å². The Balaban J connectivity index is 1.45. The van der Waals surface area contributed by atoms with Gasteiger partial charge in [0, 0.05) is 29.9 Å². The highest BCUT2D eigenvalue weighted by Gasteiger charge is 2.32. The van der Waals surface area contributed by atoms with Gasteiger partial charge in [0.1, 0.15) is 29.7 Å². The number of nitrogens with two attached hydrogens (primary N) is 1. The summed E-state index contributed by atoms with van der Waals surface area (Å²) in [6.45, 7) is 5.34. The van der Waals surface area contributed by atoms with E-state index >= 15 is 0 Å². The number of aryl methyl sites for hydroxylation is 1. The van der Waals surface area contributed by atoms with Gasteiger partial charge in [0.15, 0.2) is 0 Å². The normalized spacial score (nSPS) is 18.0. The molecule has 0 radical (unpaired) electrons. The molecule has 0 unspecified atom stereocenters. The van der Waals surface area contributed by atoms with Crippen LogP contribution >= 0.6 is 0 Å². The molecule has 2 aliphatic rings. The van der Waals surface area contributed by atoms with Crippen LogP contribution in [0.4, 0.5) is 15.9 Å². The number of benzene rings is 2. The Morgan fingerprint density at radius 1 is 1.10 bits per heavy atom. The topological polar surface area (TPSA) is 124 Å².